The lowest BCUT2D eigenvalue weighted by Crippen LogP contribution is -1.83. The molecule has 0 atom stereocenters. The number of halogens is 1. The first-order chi connectivity index (χ1) is 6.17. The van der Waals surface area contributed by atoms with Crippen molar-refractivity contribution >= 4 is 11.8 Å². The predicted molar refractivity (Wildman–Crippen MR) is 58.9 cm³/mol. The number of hydrogen-bond donors (Lipinski definition) is 0. The maximum Gasteiger partial charge on any atom is 0.137 e. The maximum atomic E-state index is 12.8. The van der Waals surface area contributed by atoms with Crippen molar-refractivity contribution < 1.29 is 4.39 Å². The van der Waals surface area contributed by atoms with Crippen LogP contribution in [0.25, 0.3) is 0 Å². The average Bonchev–Trinajstić information content (AvgIpc) is 2.06. The van der Waals surface area contributed by atoms with E-state index in [-0.39, 0.29) is 5.82 Å². The van der Waals surface area contributed by atoms with Gasteiger partial charge in [-0.15, -0.1) is 11.8 Å². The number of hydrogen-bond acceptors (Lipinski definition) is 1. The first-order valence-electron chi connectivity index (χ1n) is 4.46. The molecule has 2 heteroatoms. The van der Waals surface area contributed by atoms with Crippen LogP contribution < -0.4 is 0 Å². The summed E-state index contributed by atoms with van der Waals surface area (Å²) in [6, 6.07) is 5.12. The van der Waals surface area contributed by atoms with Crippen LogP contribution >= 0.6 is 11.8 Å². The van der Waals surface area contributed by atoms with Crippen LogP contribution in [0.1, 0.15) is 25.8 Å². The second kappa shape index (κ2) is 6.96. The van der Waals surface area contributed by atoms with Crippen LogP contribution in [0.3, 0.4) is 0 Å². The summed E-state index contributed by atoms with van der Waals surface area (Å²) in [6.07, 6.45) is 3.13. The Hall–Kier alpha value is -0.500. The fraction of sp³-hybridized carbons (Fsp3) is 0.455. The van der Waals surface area contributed by atoms with Gasteiger partial charge in [0.2, 0.25) is 0 Å². The van der Waals surface area contributed by atoms with Gasteiger partial charge in [0.1, 0.15) is 5.82 Å². The second-order valence-corrected chi connectivity index (χ2v) is 3.61. The molecule has 0 aliphatic carbocycles. The molecule has 0 N–H and O–H groups in total. The molecule has 0 unspecified atom stereocenters. The van der Waals surface area contributed by atoms with Gasteiger partial charge in [0.15, 0.2) is 0 Å². The van der Waals surface area contributed by atoms with Gasteiger partial charge in [-0.2, -0.15) is 0 Å². The Labute approximate surface area is 84.6 Å². The average molecular weight is 200 g/mol. The van der Waals surface area contributed by atoms with Crippen LogP contribution in [0.4, 0.5) is 4.39 Å². The minimum atomic E-state index is -0.118. The Bertz CT molecular complexity index is 226. The van der Waals surface area contributed by atoms with Crippen LogP contribution in [0, 0.1) is 12.7 Å². The highest BCUT2D eigenvalue weighted by atomic mass is 32.2. The van der Waals surface area contributed by atoms with E-state index in [4.69, 9.17) is 0 Å². The SMILES string of the molecule is CCC.CSc1c(C)cccc1F. The fourth-order valence-corrected chi connectivity index (χ4v) is 1.53. The zero-order valence-electron chi connectivity index (χ0n) is 8.73. The van der Waals surface area contributed by atoms with E-state index in [0.717, 1.165) is 10.5 Å². The molecular weight excluding hydrogens is 183 g/mol. The molecule has 0 amide bonds. The fourth-order valence-electron chi connectivity index (χ4n) is 0.875. The van der Waals surface area contributed by atoms with Crippen molar-refractivity contribution in [2.75, 3.05) is 6.26 Å². The van der Waals surface area contributed by atoms with Gasteiger partial charge in [0, 0.05) is 4.90 Å². The molecule has 74 valence electrons. The molecule has 1 aromatic rings. The van der Waals surface area contributed by atoms with Crippen LogP contribution in [-0.4, -0.2) is 6.26 Å². The Morgan fingerprint density at radius 1 is 1.31 bits per heavy atom. The summed E-state index contributed by atoms with van der Waals surface area (Å²) in [7, 11) is 0. The molecule has 0 radical (unpaired) electrons. The Morgan fingerprint density at radius 2 is 1.85 bits per heavy atom. The molecule has 13 heavy (non-hydrogen) atoms. The summed E-state index contributed by atoms with van der Waals surface area (Å²) in [5, 5.41) is 0. The number of thioether (sulfide) groups is 1. The first-order valence-corrected chi connectivity index (χ1v) is 5.68. The zero-order valence-corrected chi connectivity index (χ0v) is 9.54. The van der Waals surface area contributed by atoms with Crippen LogP contribution in [0.2, 0.25) is 0 Å². The molecule has 0 aliphatic rings. The zero-order chi connectivity index (χ0) is 10.3. The minimum absolute atomic E-state index is 0.118. The molecule has 0 saturated carbocycles. The number of benzene rings is 1. The highest BCUT2D eigenvalue weighted by Gasteiger charge is 2.01. The van der Waals surface area contributed by atoms with Crippen molar-refractivity contribution in [3.05, 3.63) is 29.6 Å². The summed E-state index contributed by atoms with van der Waals surface area (Å²) in [4.78, 5) is 0.752. The molecule has 0 bridgehead atoms. The third-order valence-electron chi connectivity index (χ3n) is 1.37. The summed E-state index contributed by atoms with van der Waals surface area (Å²) < 4.78 is 12.8. The molecule has 0 fully saturated rings. The van der Waals surface area contributed by atoms with E-state index in [1.165, 1.54) is 24.2 Å². The van der Waals surface area contributed by atoms with Gasteiger partial charge in [-0.25, -0.2) is 4.39 Å². The molecule has 0 aromatic heterocycles. The predicted octanol–water partition coefficient (Wildman–Crippen LogP) is 4.27. The summed E-state index contributed by atoms with van der Waals surface area (Å²) in [5.74, 6) is -0.118. The van der Waals surface area contributed by atoms with Gasteiger partial charge in [-0.1, -0.05) is 32.4 Å². The highest BCUT2D eigenvalue weighted by Crippen LogP contribution is 2.22. The minimum Gasteiger partial charge on any atom is -0.206 e. The van der Waals surface area contributed by atoms with Crippen LogP contribution in [-0.2, 0) is 0 Å². The molecule has 0 aliphatic heterocycles. The monoisotopic (exact) mass is 200 g/mol. The van der Waals surface area contributed by atoms with Gasteiger partial charge in [0.25, 0.3) is 0 Å². The number of aryl methyl sites for hydroxylation is 1. The van der Waals surface area contributed by atoms with E-state index in [1.54, 1.807) is 6.07 Å². The van der Waals surface area contributed by atoms with E-state index in [9.17, 15) is 4.39 Å². The first kappa shape index (κ1) is 12.5. The highest BCUT2D eigenvalue weighted by molar-refractivity contribution is 7.98. The molecule has 0 heterocycles. The van der Waals surface area contributed by atoms with Gasteiger partial charge < -0.3 is 0 Å². The molecule has 1 rings (SSSR count). The van der Waals surface area contributed by atoms with Crippen LogP contribution in [0.5, 0.6) is 0 Å². The Balaban J connectivity index is 0.000000424. The van der Waals surface area contributed by atoms with Gasteiger partial charge in [0.05, 0.1) is 0 Å². The molecular formula is C11H17FS. The molecule has 0 saturated heterocycles. The Kier molecular flexibility index (Phi) is 6.69. The lowest BCUT2D eigenvalue weighted by molar-refractivity contribution is 0.599. The quantitative estimate of drug-likeness (QED) is 0.610. The molecule has 0 nitrogen and oxygen atoms in total. The van der Waals surface area contributed by atoms with Gasteiger partial charge in [-0.3, -0.25) is 0 Å². The van der Waals surface area contributed by atoms with E-state index >= 15 is 0 Å². The van der Waals surface area contributed by atoms with Crippen molar-refractivity contribution in [3.8, 4) is 0 Å². The number of rotatable bonds is 1. The Morgan fingerprint density at radius 3 is 2.15 bits per heavy atom. The smallest absolute Gasteiger partial charge is 0.137 e. The van der Waals surface area contributed by atoms with E-state index in [0.29, 0.717) is 0 Å². The van der Waals surface area contributed by atoms with Crippen molar-refractivity contribution in [3.63, 3.8) is 0 Å². The van der Waals surface area contributed by atoms with Crippen molar-refractivity contribution in [1.82, 2.24) is 0 Å². The molecule has 1 aromatic carbocycles. The van der Waals surface area contributed by atoms with E-state index < -0.39 is 0 Å². The molecule has 0 spiro atoms. The van der Waals surface area contributed by atoms with E-state index in [2.05, 4.69) is 13.8 Å². The topological polar surface area (TPSA) is 0 Å². The summed E-state index contributed by atoms with van der Waals surface area (Å²) in [6.45, 7) is 6.16. The van der Waals surface area contributed by atoms with E-state index in [1.807, 2.05) is 19.2 Å². The maximum absolute atomic E-state index is 12.8. The largest absolute Gasteiger partial charge is 0.206 e. The lowest BCUT2D eigenvalue weighted by Gasteiger charge is -2.01. The third kappa shape index (κ3) is 4.32. The van der Waals surface area contributed by atoms with Crippen molar-refractivity contribution in [2.24, 2.45) is 0 Å². The van der Waals surface area contributed by atoms with Crippen LogP contribution in [0.15, 0.2) is 23.1 Å². The normalized spacial score (nSPS) is 9.00. The third-order valence-corrected chi connectivity index (χ3v) is 2.29. The summed E-state index contributed by atoms with van der Waals surface area (Å²) in [5.41, 5.74) is 1.01. The lowest BCUT2D eigenvalue weighted by atomic mass is 10.2. The van der Waals surface area contributed by atoms with Crippen molar-refractivity contribution in [1.29, 1.82) is 0 Å². The van der Waals surface area contributed by atoms with Gasteiger partial charge >= 0.3 is 0 Å². The summed E-state index contributed by atoms with van der Waals surface area (Å²) >= 11 is 1.45. The van der Waals surface area contributed by atoms with Gasteiger partial charge in [-0.05, 0) is 24.8 Å². The van der Waals surface area contributed by atoms with Crippen molar-refractivity contribution in [2.45, 2.75) is 32.1 Å². The second-order valence-electron chi connectivity index (χ2n) is 2.80. The standard InChI is InChI=1S/C8H9FS.C3H8/c1-6-4-3-5-7(9)8(6)10-2;1-3-2/h3-5H,1-2H3;3H2,1-2H3.